The highest BCUT2D eigenvalue weighted by Crippen LogP contribution is 2.50. The lowest BCUT2D eigenvalue weighted by atomic mass is 9.77. The average molecular weight is 263 g/mol. The number of aliphatic imine (C=N–C) groups is 1. The van der Waals surface area contributed by atoms with Crippen LogP contribution in [0.25, 0.3) is 0 Å². The third-order valence-electron chi connectivity index (χ3n) is 4.54. The highest BCUT2D eigenvalue weighted by molar-refractivity contribution is 5.91. The normalized spacial score (nSPS) is 24.2. The molecule has 0 amide bonds. The van der Waals surface area contributed by atoms with Crippen LogP contribution >= 0.6 is 0 Å². The van der Waals surface area contributed by atoms with Crippen molar-refractivity contribution in [3.63, 3.8) is 0 Å². The van der Waals surface area contributed by atoms with E-state index in [0.29, 0.717) is 6.61 Å². The summed E-state index contributed by atoms with van der Waals surface area (Å²) in [5, 5.41) is 0. The molecule has 2 aromatic carbocycles. The van der Waals surface area contributed by atoms with Gasteiger partial charge in [0.25, 0.3) is 0 Å². The van der Waals surface area contributed by atoms with E-state index in [0.717, 1.165) is 30.2 Å². The predicted octanol–water partition coefficient (Wildman–Crippen LogP) is 3.02. The molecule has 2 aromatic rings. The summed E-state index contributed by atoms with van der Waals surface area (Å²) >= 11 is 0. The van der Waals surface area contributed by atoms with Gasteiger partial charge in [-0.1, -0.05) is 18.2 Å². The molecule has 0 fully saturated rings. The lowest BCUT2D eigenvalue weighted by Gasteiger charge is -2.20. The maximum Gasteiger partial charge on any atom is 0.127 e. The van der Waals surface area contributed by atoms with Crippen LogP contribution < -0.4 is 9.47 Å². The zero-order chi connectivity index (χ0) is 13.2. The third kappa shape index (κ3) is 1.14. The highest BCUT2D eigenvalue weighted by atomic mass is 16.5. The lowest BCUT2D eigenvalue weighted by Crippen LogP contribution is -2.28. The number of fused-ring (bicyclic) bond motifs is 5. The van der Waals surface area contributed by atoms with Crippen LogP contribution in [0.4, 0.5) is 5.69 Å². The molecular weight excluding hydrogens is 250 g/mol. The molecule has 3 nitrogen and oxygen atoms in total. The van der Waals surface area contributed by atoms with E-state index >= 15 is 0 Å². The van der Waals surface area contributed by atoms with Crippen molar-refractivity contribution in [2.24, 2.45) is 4.99 Å². The molecule has 5 rings (SSSR count). The first-order chi connectivity index (χ1) is 9.87. The van der Waals surface area contributed by atoms with E-state index in [9.17, 15) is 0 Å². The van der Waals surface area contributed by atoms with Crippen molar-refractivity contribution in [3.8, 4) is 11.5 Å². The first-order valence-corrected chi connectivity index (χ1v) is 6.95. The van der Waals surface area contributed by atoms with Gasteiger partial charge in [-0.2, -0.15) is 0 Å². The molecular formula is C17H13NO2. The SMILES string of the molecule is C1=Nc2ccccc2C12COc1cc3c(cc12)CCO3. The molecule has 0 saturated carbocycles. The molecule has 0 N–H and O–H groups in total. The zero-order valence-corrected chi connectivity index (χ0v) is 10.9. The third-order valence-corrected chi connectivity index (χ3v) is 4.54. The predicted molar refractivity (Wildman–Crippen MR) is 76.5 cm³/mol. The van der Waals surface area contributed by atoms with Crippen molar-refractivity contribution in [3.05, 3.63) is 53.1 Å². The molecule has 0 bridgehead atoms. The van der Waals surface area contributed by atoms with Gasteiger partial charge in [-0.3, -0.25) is 4.99 Å². The molecule has 0 radical (unpaired) electrons. The van der Waals surface area contributed by atoms with Crippen molar-refractivity contribution < 1.29 is 9.47 Å². The summed E-state index contributed by atoms with van der Waals surface area (Å²) in [4.78, 5) is 4.59. The van der Waals surface area contributed by atoms with E-state index < -0.39 is 0 Å². The fourth-order valence-electron chi connectivity index (χ4n) is 3.49. The van der Waals surface area contributed by atoms with Gasteiger partial charge < -0.3 is 9.47 Å². The largest absolute Gasteiger partial charge is 0.493 e. The molecule has 1 unspecified atom stereocenters. The summed E-state index contributed by atoms with van der Waals surface area (Å²) in [5.74, 6) is 1.91. The molecule has 3 heteroatoms. The Hall–Kier alpha value is -2.29. The minimum Gasteiger partial charge on any atom is -0.493 e. The number of hydrogen-bond acceptors (Lipinski definition) is 3. The number of ether oxygens (including phenoxy) is 2. The van der Waals surface area contributed by atoms with Crippen molar-refractivity contribution in [2.75, 3.05) is 13.2 Å². The molecule has 3 heterocycles. The summed E-state index contributed by atoms with van der Waals surface area (Å²) in [6.45, 7) is 1.40. The van der Waals surface area contributed by atoms with Crippen LogP contribution in [-0.2, 0) is 11.8 Å². The first kappa shape index (κ1) is 10.5. The van der Waals surface area contributed by atoms with Gasteiger partial charge in [0.15, 0.2) is 0 Å². The standard InChI is InChI=1S/C17H13NO2/c1-2-4-14-12(3-1)17(9-18-14)10-20-16-8-15-11(5-6-19-15)7-13(16)17/h1-4,7-9H,5-6,10H2. The Labute approximate surface area is 116 Å². The van der Waals surface area contributed by atoms with Crippen LogP contribution in [0, 0.1) is 0 Å². The fourth-order valence-corrected chi connectivity index (χ4v) is 3.49. The monoisotopic (exact) mass is 263 g/mol. The van der Waals surface area contributed by atoms with Gasteiger partial charge in [-0.25, -0.2) is 0 Å². The molecule has 1 spiro atoms. The van der Waals surface area contributed by atoms with Crippen LogP contribution in [0.15, 0.2) is 41.4 Å². The zero-order valence-electron chi connectivity index (χ0n) is 10.9. The Bertz CT molecular complexity index is 766. The molecule has 0 saturated heterocycles. The Morgan fingerprint density at radius 3 is 2.95 bits per heavy atom. The van der Waals surface area contributed by atoms with Crippen molar-refractivity contribution in [1.82, 2.24) is 0 Å². The van der Waals surface area contributed by atoms with Gasteiger partial charge in [0.2, 0.25) is 0 Å². The van der Waals surface area contributed by atoms with E-state index in [1.54, 1.807) is 0 Å². The molecule has 0 aromatic heterocycles. The molecule has 0 aliphatic carbocycles. The van der Waals surface area contributed by atoms with Crippen molar-refractivity contribution in [2.45, 2.75) is 11.8 Å². The molecule has 3 aliphatic heterocycles. The molecule has 1 atom stereocenters. The van der Waals surface area contributed by atoms with Gasteiger partial charge >= 0.3 is 0 Å². The number of para-hydroxylation sites is 1. The maximum absolute atomic E-state index is 5.95. The van der Waals surface area contributed by atoms with Crippen LogP contribution in [0.1, 0.15) is 16.7 Å². The number of hydrogen-bond donors (Lipinski definition) is 0. The minimum absolute atomic E-state index is 0.205. The second-order valence-corrected chi connectivity index (χ2v) is 5.59. The topological polar surface area (TPSA) is 30.8 Å². The smallest absolute Gasteiger partial charge is 0.127 e. The van der Waals surface area contributed by atoms with E-state index in [2.05, 4.69) is 29.3 Å². The number of benzene rings is 2. The summed E-state index contributed by atoms with van der Waals surface area (Å²) < 4.78 is 11.6. The summed E-state index contributed by atoms with van der Waals surface area (Å²) in [5.41, 5.74) is 4.61. The van der Waals surface area contributed by atoms with Crippen LogP contribution in [-0.4, -0.2) is 19.4 Å². The van der Waals surface area contributed by atoms with Gasteiger partial charge in [0.05, 0.1) is 17.7 Å². The van der Waals surface area contributed by atoms with Crippen molar-refractivity contribution in [1.29, 1.82) is 0 Å². The molecule has 20 heavy (non-hydrogen) atoms. The quantitative estimate of drug-likeness (QED) is 0.731. The Morgan fingerprint density at radius 2 is 1.95 bits per heavy atom. The van der Waals surface area contributed by atoms with E-state index in [-0.39, 0.29) is 5.41 Å². The average Bonchev–Trinajstić information content (AvgIpc) is 3.17. The number of rotatable bonds is 0. The lowest BCUT2D eigenvalue weighted by molar-refractivity contribution is 0.323. The van der Waals surface area contributed by atoms with E-state index in [1.807, 2.05) is 18.3 Å². The molecule has 3 aliphatic rings. The number of nitrogens with zero attached hydrogens (tertiary/aromatic N) is 1. The van der Waals surface area contributed by atoms with Gasteiger partial charge in [0, 0.05) is 24.3 Å². The van der Waals surface area contributed by atoms with Gasteiger partial charge in [-0.05, 0) is 23.3 Å². The minimum atomic E-state index is -0.205. The summed E-state index contributed by atoms with van der Waals surface area (Å²) in [6, 6.07) is 12.6. The van der Waals surface area contributed by atoms with Crippen LogP contribution in [0.2, 0.25) is 0 Å². The second kappa shape index (κ2) is 3.42. The van der Waals surface area contributed by atoms with E-state index in [4.69, 9.17) is 9.47 Å². The second-order valence-electron chi connectivity index (χ2n) is 5.59. The summed E-state index contributed by atoms with van der Waals surface area (Å²) in [7, 11) is 0. The van der Waals surface area contributed by atoms with Gasteiger partial charge in [0.1, 0.15) is 18.1 Å². The van der Waals surface area contributed by atoms with Gasteiger partial charge in [-0.15, -0.1) is 0 Å². The Morgan fingerprint density at radius 1 is 1.00 bits per heavy atom. The Kier molecular flexibility index (Phi) is 1.80. The fraction of sp³-hybridized carbons (Fsp3) is 0.235. The van der Waals surface area contributed by atoms with Crippen LogP contribution in [0.3, 0.4) is 0 Å². The van der Waals surface area contributed by atoms with E-state index in [1.165, 1.54) is 16.7 Å². The maximum atomic E-state index is 5.95. The van der Waals surface area contributed by atoms with Crippen molar-refractivity contribution >= 4 is 11.9 Å². The Balaban J connectivity index is 1.77. The first-order valence-electron chi connectivity index (χ1n) is 6.95. The summed E-state index contributed by atoms with van der Waals surface area (Å²) in [6.07, 6.45) is 3.03. The molecule has 98 valence electrons. The van der Waals surface area contributed by atoms with Crippen LogP contribution in [0.5, 0.6) is 11.5 Å². The highest BCUT2D eigenvalue weighted by Gasteiger charge is 2.45.